The molecule has 0 spiro atoms. The molecule has 2 N–H and O–H groups in total. The van der Waals surface area contributed by atoms with Crippen LogP contribution in [-0.2, 0) is 21.3 Å². The van der Waals surface area contributed by atoms with Gasteiger partial charge in [0.2, 0.25) is 10.0 Å². The number of rotatable bonds is 7. The molecule has 2 unspecified atom stereocenters. The van der Waals surface area contributed by atoms with Crippen LogP contribution in [0.1, 0.15) is 31.1 Å². The molecule has 0 radical (unpaired) electrons. The van der Waals surface area contributed by atoms with Gasteiger partial charge in [-0.3, -0.25) is 0 Å². The third-order valence-electron chi connectivity index (χ3n) is 3.57. The van der Waals surface area contributed by atoms with Crippen molar-refractivity contribution in [1.82, 2.24) is 10.0 Å². The highest BCUT2D eigenvalue weighted by Gasteiger charge is 2.29. The van der Waals surface area contributed by atoms with E-state index in [1.165, 1.54) is 11.3 Å². The lowest BCUT2D eigenvalue weighted by atomic mass is 10.3. The molecule has 0 amide bonds. The summed E-state index contributed by atoms with van der Waals surface area (Å²) in [5, 5.41) is 5.00. The molecule has 7 heteroatoms. The fourth-order valence-corrected chi connectivity index (χ4v) is 5.18. The van der Waals surface area contributed by atoms with Crippen LogP contribution >= 0.6 is 11.3 Å². The van der Waals surface area contributed by atoms with Crippen LogP contribution in [0.2, 0.25) is 0 Å². The molecule has 2 atom stereocenters. The van der Waals surface area contributed by atoms with Crippen molar-refractivity contribution < 1.29 is 13.2 Å². The zero-order chi connectivity index (χ0) is 14.6. The summed E-state index contributed by atoms with van der Waals surface area (Å²) >= 11 is 1.47. The summed E-state index contributed by atoms with van der Waals surface area (Å²) in [7, 11) is -1.75. The molecule has 0 aliphatic heterocycles. The second-order valence-electron chi connectivity index (χ2n) is 4.98. The van der Waals surface area contributed by atoms with E-state index in [-0.39, 0.29) is 12.1 Å². The van der Waals surface area contributed by atoms with Gasteiger partial charge >= 0.3 is 0 Å². The van der Waals surface area contributed by atoms with E-state index in [1.807, 2.05) is 12.3 Å². The number of thiophene rings is 1. The summed E-state index contributed by atoms with van der Waals surface area (Å²) in [5.74, 6) is 0. The van der Waals surface area contributed by atoms with E-state index in [0.717, 1.165) is 30.7 Å². The summed E-state index contributed by atoms with van der Waals surface area (Å²) in [6, 6.07) is 1.67. The quantitative estimate of drug-likeness (QED) is 0.803. The minimum absolute atomic E-state index is 0.0168. The molecule has 2 rings (SSSR count). The molecule has 20 heavy (non-hydrogen) atoms. The highest BCUT2D eigenvalue weighted by Crippen LogP contribution is 2.26. The molecule has 1 saturated carbocycles. The zero-order valence-electron chi connectivity index (χ0n) is 11.9. The normalized spacial score (nSPS) is 23.3. The summed E-state index contributed by atoms with van der Waals surface area (Å²) in [6.45, 7) is 3.42. The first-order valence-electron chi connectivity index (χ1n) is 6.89. The van der Waals surface area contributed by atoms with Crippen LogP contribution in [0.3, 0.4) is 0 Å². The van der Waals surface area contributed by atoms with Gasteiger partial charge in [0.05, 0.1) is 11.0 Å². The van der Waals surface area contributed by atoms with Crippen molar-refractivity contribution in [2.24, 2.45) is 0 Å². The third kappa shape index (κ3) is 3.79. The minimum atomic E-state index is -3.43. The maximum atomic E-state index is 12.5. The van der Waals surface area contributed by atoms with E-state index in [1.54, 1.807) is 13.2 Å². The molecule has 1 aromatic rings. The molecule has 1 heterocycles. The minimum Gasteiger partial charge on any atom is -0.381 e. The topological polar surface area (TPSA) is 67.4 Å². The predicted octanol–water partition coefficient (Wildman–Crippen LogP) is 1.70. The summed E-state index contributed by atoms with van der Waals surface area (Å²) < 4.78 is 33.0. The molecular formula is C13H22N2O3S2. The Kier molecular flexibility index (Phi) is 5.57. The second kappa shape index (κ2) is 7.00. The van der Waals surface area contributed by atoms with Gasteiger partial charge in [0.25, 0.3) is 0 Å². The van der Waals surface area contributed by atoms with Crippen molar-refractivity contribution in [2.45, 2.75) is 49.8 Å². The third-order valence-corrected chi connectivity index (χ3v) is 6.22. The molecule has 1 aliphatic rings. The van der Waals surface area contributed by atoms with Crippen molar-refractivity contribution in [3.05, 3.63) is 16.3 Å². The first-order chi connectivity index (χ1) is 9.56. The van der Waals surface area contributed by atoms with Crippen LogP contribution in [0.4, 0.5) is 0 Å². The standard InChI is InChI=1S/C13H22N2O3S2/c1-3-14-9-12-13(6-7-19-12)20(16,17)15-10-4-5-11(8-10)18-2/h6-7,10-11,14-15H,3-5,8-9H2,1-2H3. The Hall–Kier alpha value is -0.470. The van der Waals surface area contributed by atoms with Crippen LogP contribution in [0, 0.1) is 0 Å². The van der Waals surface area contributed by atoms with Crippen molar-refractivity contribution in [1.29, 1.82) is 0 Å². The highest BCUT2D eigenvalue weighted by molar-refractivity contribution is 7.89. The van der Waals surface area contributed by atoms with E-state index in [9.17, 15) is 8.42 Å². The van der Waals surface area contributed by atoms with Crippen molar-refractivity contribution in [3.8, 4) is 0 Å². The van der Waals surface area contributed by atoms with E-state index >= 15 is 0 Å². The van der Waals surface area contributed by atoms with Gasteiger partial charge in [-0.1, -0.05) is 6.92 Å². The van der Waals surface area contributed by atoms with Crippen LogP contribution in [-0.4, -0.2) is 34.2 Å². The van der Waals surface area contributed by atoms with Crippen LogP contribution < -0.4 is 10.0 Å². The summed E-state index contributed by atoms with van der Waals surface area (Å²) in [6.07, 6.45) is 2.68. The fraction of sp³-hybridized carbons (Fsp3) is 0.692. The Labute approximate surface area is 124 Å². The lowest BCUT2D eigenvalue weighted by molar-refractivity contribution is 0.107. The summed E-state index contributed by atoms with van der Waals surface area (Å²) in [5.41, 5.74) is 0. The lowest BCUT2D eigenvalue weighted by Crippen LogP contribution is -2.33. The Balaban J connectivity index is 2.05. The molecule has 1 aliphatic carbocycles. The van der Waals surface area contributed by atoms with Gasteiger partial charge in [-0.05, 0) is 37.3 Å². The van der Waals surface area contributed by atoms with Crippen molar-refractivity contribution >= 4 is 21.4 Å². The zero-order valence-corrected chi connectivity index (χ0v) is 13.5. The number of ether oxygens (including phenoxy) is 1. The summed E-state index contributed by atoms with van der Waals surface area (Å²) in [4.78, 5) is 1.27. The van der Waals surface area contributed by atoms with Gasteiger partial charge in [0.1, 0.15) is 0 Å². The molecule has 1 fully saturated rings. The molecule has 1 aromatic heterocycles. The van der Waals surface area contributed by atoms with Crippen molar-refractivity contribution in [2.75, 3.05) is 13.7 Å². The van der Waals surface area contributed by atoms with Gasteiger partial charge in [-0.2, -0.15) is 0 Å². The Morgan fingerprint density at radius 1 is 1.45 bits per heavy atom. The average molecular weight is 318 g/mol. The van der Waals surface area contributed by atoms with Gasteiger partial charge in [-0.25, -0.2) is 13.1 Å². The Morgan fingerprint density at radius 2 is 2.25 bits per heavy atom. The van der Waals surface area contributed by atoms with Gasteiger partial charge < -0.3 is 10.1 Å². The van der Waals surface area contributed by atoms with Crippen LogP contribution in [0.25, 0.3) is 0 Å². The van der Waals surface area contributed by atoms with Gasteiger partial charge in [-0.15, -0.1) is 11.3 Å². The number of hydrogen-bond acceptors (Lipinski definition) is 5. The number of hydrogen-bond donors (Lipinski definition) is 2. The second-order valence-corrected chi connectivity index (χ2v) is 7.66. The molecule has 0 aromatic carbocycles. The SMILES string of the molecule is CCNCc1sccc1S(=O)(=O)NC1CCC(OC)C1. The molecule has 114 valence electrons. The Bertz CT molecular complexity index is 527. The average Bonchev–Trinajstić information content (AvgIpc) is 3.04. The Morgan fingerprint density at radius 3 is 2.90 bits per heavy atom. The first-order valence-corrected chi connectivity index (χ1v) is 9.25. The molecule has 0 bridgehead atoms. The van der Waals surface area contributed by atoms with E-state index < -0.39 is 10.0 Å². The molecular weight excluding hydrogens is 296 g/mol. The van der Waals surface area contributed by atoms with E-state index in [2.05, 4.69) is 10.0 Å². The van der Waals surface area contributed by atoms with Crippen LogP contribution in [0.5, 0.6) is 0 Å². The van der Waals surface area contributed by atoms with E-state index in [4.69, 9.17) is 4.74 Å². The molecule has 5 nitrogen and oxygen atoms in total. The number of methoxy groups -OCH3 is 1. The maximum Gasteiger partial charge on any atom is 0.241 e. The maximum absolute atomic E-state index is 12.5. The number of sulfonamides is 1. The first kappa shape index (κ1) is 15.9. The molecule has 0 saturated heterocycles. The van der Waals surface area contributed by atoms with Crippen LogP contribution in [0.15, 0.2) is 16.3 Å². The van der Waals surface area contributed by atoms with Crippen molar-refractivity contribution in [3.63, 3.8) is 0 Å². The highest BCUT2D eigenvalue weighted by atomic mass is 32.2. The smallest absolute Gasteiger partial charge is 0.241 e. The van der Waals surface area contributed by atoms with Gasteiger partial charge in [0.15, 0.2) is 0 Å². The largest absolute Gasteiger partial charge is 0.381 e. The fourth-order valence-electron chi connectivity index (χ4n) is 2.48. The number of nitrogens with one attached hydrogen (secondary N) is 2. The van der Waals surface area contributed by atoms with Gasteiger partial charge in [0, 0.05) is 24.6 Å². The predicted molar refractivity (Wildman–Crippen MR) is 80.5 cm³/mol. The monoisotopic (exact) mass is 318 g/mol. The van der Waals surface area contributed by atoms with E-state index in [0.29, 0.717) is 11.4 Å². The lowest BCUT2D eigenvalue weighted by Gasteiger charge is -2.14.